The van der Waals surface area contributed by atoms with Gasteiger partial charge in [-0.25, -0.2) is 14.4 Å². The smallest absolute Gasteiger partial charge is 0.363 e. The Morgan fingerprint density at radius 3 is 2.57 bits per heavy atom. The first-order valence-electron chi connectivity index (χ1n) is 14.9. The molecule has 1 aliphatic carbocycles. The molecule has 1 saturated carbocycles. The number of benzene rings is 1. The van der Waals surface area contributed by atoms with E-state index in [0.717, 1.165) is 15.7 Å². The summed E-state index contributed by atoms with van der Waals surface area (Å²) in [6, 6.07) is 6.06. The molecule has 1 amide bonds. The first kappa shape index (κ1) is 31.8. The molecule has 0 spiro atoms. The van der Waals surface area contributed by atoms with Gasteiger partial charge in [-0.2, -0.15) is 18.4 Å². The SMILES string of the molecule is Cc1nc(N[C@H](C)c2cccc(C#N)c2C)c(C2OCCO2)c(C(C(=O)NC2(CF)CC2)N2CCn3c(nnc3C(F)(F)F)C2)n1. The van der Waals surface area contributed by atoms with Crippen LogP contribution in [-0.4, -0.2) is 67.5 Å². The Balaban J connectivity index is 1.44. The standard InChI is InChI=1S/C30H33F4N9O3/c1-16-19(13-35)5-4-6-20(16)17(2)36-25-22(27-45-11-12-46-27)23(37-18(3)38-25)24(26(44)39-29(15-31)7-8-29)42-9-10-43-21(14-42)40-41-28(43)30(32,33)34/h4-6,17,24,27H,7-12,14-15H2,1-3H3,(H,39,44)(H,36,37,38)/t17-,24?/m1/s1. The molecule has 1 aromatic carbocycles. The van der Waals surface area contributed by atoms with Crippen molar-refractivity contribution in [2.24, 2.45) is 0 Å². The summed E-state index contributed by atoms with van der Waals surface area (Å²) in [5.74, 6) is -1.01. The Morgan fingerprint density at radius 2 is 1.91 bits per heavy atom. The highest BCUT2D eigenvalue weighted by Gasteiger charge is 2.48. The normalized spacial score (nSPS) is 19.3. The van der Waals surface area contributed by atoms with E-state index in [1.54, 1.807) is 24.0 Å². The number of ether oxygens (including phenoxy) is 2. The van der Waals surface area contributed by atoms with Crippen molar-refractivity contribution < 1.29 is 31.8 Å². The summed E-state index contributed by atoms with van der Waals surface area (Å²) < 4.78 is 67.6. The number of nitriles is 1. The number of nitrogens with one attached hydrogen (secondary N) is 2. The van der Waals surface area contributed by atoms with E-state index in [2.05, 4.69) is 31.9 Å². The number of hydrogen-bond donors (Lipinski definition) is 2. The minimum atomic E-state index is -4.69. The van der Waals surface area contributed by atoms with E-state index in [9.17, 15) is 27.6 Å². The summed E-state index contributed by atoms with van der Waals surface area (Å²) in [4.78, 5) is 25.2. The van der Waals surface area contributed by atoms with E-state index < -0.39 is 42.5 Å². The maximum absolute atomic E-state index is 14.1. The lowest BCUT2D eigenvalue weighted by molar-refractivity contribution is -0.148. The van der Waals surface area contributed by atoms with Crippen LogP contribution in [0.2, 0.25) is 0 Å². The molecule has 2 fully saturated rings. The van der Waals surface area contributed by atoms with Crippen molar-refractivity contribution in [2.45, 2.75) is 76.8 Å². The minimum Gasteiger partial charge on any atom is -0.363 e. The maximum atomic E-state index is 14.1. The molecule has 2 aliphatic heterocycles. The Hall–Kier alpha value is -4.20. The molecule has 0 radical (unpaired) electrons. The number of halogens is 4. The fourth-order valence-corrected chi connectivity index (χ4v) is 6.05. The van der Waals surface area contributed by atoms with Crippen LogP contribution >= 0.6 is 0 Å². The van der Waals surface area contributed by atoms with E-state index >= 15 is 0 Å². The first-order chi connectivity index (χ1) is 21.9. The number of nitrogens with zero attached hydrogens (tertiary/aromatic N) is 7. The second-order valence-electron chi connectivity index (χ2n) is 11.9. The van der Waals surface area contributed by atoms with Gasteiger partial charge in [0.2, 0.25) is 11.7 Å². The topological polar surface area (TPSA) is 143 Å². The second kappa shape index (κ2) is 12.2. The van der Waals surface area contributed by atoms with Gasteiger partial charge in [0.25, 0.3) is 0 Å². The number of carbonyl (C=O) groups excluding carboxylic acids is 1. The number of carbonyl (C=O) groups is 1. The number of aromatic nitrogens is 5. The van der Waals surface area contributed by atoms with Crippen LogP contribution in [0.25, 0.3) is 0 Å². The van der Waals surface area contributed by atoms with Gasteiger partial charge in [-0.15, -0.1) is 10.2 Å². The molecule has 2 atom stereocenters. The zero-order chi connectivity index (χ0) is 32.8. The molecule has 4 heterocycles. The van der Waals surface area contributed by atoms with Crippen molar-refractivity contribution in [2.75, 3.05) is 31.7 Å². The van der Waals surface area contributed by atoms with Gasteiger partial charge in [0.05, 0.1) is 54.2 Å². The van der Waals surface area contributed by atoms with Crippen molar-refractivity contribution in [3.63, 3.8) is 0 Å². The average Bonchev–Trinajstić information content (AvgIpc) is 3.36. The molecular formula is C30H33F4N9O3. The largest absolute Gasteiger partial charge is 0.451 e. The van der Waals surface area contributed by atoms with Crippen molar-refractivity contribution >= 4 is 11.7 Å². The van der Waals surface area contributed by atoms with Crippen molar-refractivity contribution in [3.05, 3.63) is 63.6 Å². The molecule has 16 heteroatoms. The Kier molecular flexibility index (Phi) is 8.42. The lowest BCUT2D eigenvalue weighted by atomic mass is 9.97. The number of alkyl halides is 4. The van der Waals surface area contributed by atoms with Crippen molar-refractivity contribution in [3.8, 4) is 6.07 Å². The van der Waals surface area contributed by atoms with Gasteiger partial charge < -0.3 is 24.7 Å². The van der Waals surface area contributed by atoms with Crippen molar-refractivity contribution in [1.82, 2.24) is 34.9 Å². The fraction of sp³-hybridized carbons (Fsp3) is 0.533. The summed E-state index contributed by atoms with van der Waals surface area (Å²) in [5.41, 5.74) is 1.72. The highest BCUT2D eigenvalue weighted by molar-refractivity contribution is 5.84. The monoisotopic (exact) mass is 643 g/mol. The summed E-state index contributed by atoms with van der Waals surface area (Å²) >= 11 is 0. The van der Waals surface area contributed by atoms with Gasteiger partial charge in [0.1, 0.15) is 30.2 Å². The molecule has 1 unspecified atom stereocenters. The molecule has 6 rings (SSSR count). The van der Waals surface area contributed by atoms with Gasteiger partial charge in [-0.3, -0.25) is 9.69 Å². The van der Waals surface area contributed by atoms with Gasteiger partial charge in [0.15, 0.2) is 6.29 Å². The zero-order valence-corrected chi connectivity index (χ0v) is 25.5. The first-order valence-corrected chi connectivity index (χ1v) is 14.9. The van der Waals surface area contributed by atoms with E-state index in [0.29, 0.717) is 35.6 Å². The molecule has 0 bridgehead atoms. The fourth-order valence-electron chi connectivity index (χ4n) is 6.05. The number of amides is 1. The van der Waals surface area contributed by atoms with Gasteiger partial charge >= 0.3 is 6.18 Å². The number of hydrogen-bond acceptors (Lipinski definition) is 10. The second-order valence-corrected chi connectivity index (χ2v) is 11.9. The predicted octanol–water partition coefficient (Wildman–Crippen LogP) is 3.97. The molecule has 3 aromatic rings. The van der Waals surface area contributed by atoms with Crippen LogP contribution in [0.3, 0.4) is 0 Å². The number of aryl methyl sites for hydroxylation is 1. The third-order valence-electron chi connectivity index (χ3n) is 8.67. The highest BCUT2D eigenvalue weighted by atomic mass is 19.4. The third kappa shape index (κ3) is 6.02. The molecular weight excluding hydrogens is 610 g/mol. The zero-order valence-electron chi connectivity index (χ0n) is 25.5. The number of fused-ring (bicyclic) bond motifs is 1. The Labute approximate surface area is 262 Å². The lowest BCUT2D eigenvalue weighted by Gasteiger charge is -2.36. The summed E-state index contributed by atoms with van der Waals surface area (Å²) in [5, 5.41) is 23.0. The quantitative estimate of drug-likeness (QED) is 0.329. The Bertz CT molecular complexity index is 1680. The van der Waals surface area contributed by atoms with Crippen LogP contribution < -0.4 is 10.6 Å². The molecule has 2 N–H and O–H groups in total. The molecule has 1 saturated heterocycles. The summed E-state index contributed by atoms with van der Waals surface area (Å²) in [7, 11) is 0. The van der Waals surface area contributed by atoms with Crippen LogP contribution in [0.15, 0.2) is 18.2 Å². The third-order valence-corrected chi connectivity index (χ3v) is 8.67. The van der Waals surface area contributed by atoms with E-state index in [1.807, 2.05) is 19.9 Å². The van der Waals surface area contributed by atoms with Crippen LogP contribution in [0.4, 0.5) is 23.4 Å². The summed E-state index contributed by atoms with van der Waals surface area (Å²) in [6.45, 7) is 4.91. The van der Waals surface area contributed by atoms with Gasteiger partial charge in [-0.1, -0.05) is 12.1 Å². The van der Waals surface area contributed by atoms with Gasteiger partial charge in [0, 0.05) is 13.1 Å². The minimum absolute atomic E-state index is 0.0169. The maximum Gasteiger partial charge on any atom is 0.451 e. The molecule has 12 nitrogen and oxygen atoms in total. The average molecular weight is 644 g/mol. The van der Waals surface area contributed by atoms with Gasteiger partial charge in [-0.05, 0) is 50.8 Å². The van der Waals surface area contributed by atoms with E-state index in [-0.39, 0.29) is 50.4 Å². The number of anilines is 1. The van der Waals surface area contributed by atoms with Crippen LogP contribution in [0.1, 0.15) is 83.6 Å². The van der Waals surface area contributed by atoms with Crippen LogP contribution in [-0.2, 0) is 33.5 Å². The van der Waals surface area contributed by atoms with E-state index in [1.165, 1.54) is 0 Å². The van der Waals surface area contributed by atoms with E-state index in [4.69, 9.17) is 14.5 Å². The number of rotatable bonds is 9. The van der Waals surface area contributed by atoms with Crippen LogP contribution in [0.5, 0.6) is 0 Å². The molecule has 2 aromatic heterocycles. The highest BCUT2D eigenvalue weighted by Crippen LogP contribution is 2.41. The summed E-state index contributed by atoms with van der Waals surface area (Å²) in [6.07, 6.45) is -4.74. The molecule has 3 aliphatic rings. The Morgan fingerprint density at radius 1 is 1.17 bits per heavy atom. The predicted molar refractivity (Wildman–Crippen MR) is 154 cm³/mol. The lowest BCUT2D eigenvalue weighted by Crippen LogP contribution is -2.49. The van der Waals surface area contributed by atoms with Crippen LogP contribution in [0, 0.1) is 25.2 Å². The van der Waals surface area contributed by atoms with Crippen molar-refractivity contribution in [1.29, 1.82) is 5.26 Å². The molecule has 46 heavy (non-hydrogen) atoms. The molecule has 244 valence electrons.